The number of carbonyl (C=O) groups is 1. The molecule has 0 unspecified atom stereocenters. The molecule has 0 spiro atoms. The highest BCUT2D eigenvalue weighted by Gasteiger charge is 2.17. The second-order valence-corrected chi connectivity index (χ2v) is 7.94. The topological polar surface area (TPSA) is 82.8 Å². The largest absolute Gasteiger partial charge is 0.369 e. The van der Waals surface area contributed by atoms with Crippen molar-refractivity contribution in [3.05, 3.63) is 57.8 Å². The Labute approximate surface area is 176 Å². The lowest BCUT2D eigenvalue weighted by Gasteiger charge is -2.34. The fraction of sp³-hybridized carbons (Fsp3) is 0.455. The first kappa shape index (κ1) is 20.3. The molecule has 1 amide bonds. The molecule has 1 N–H and O–H groups in total. The van der Waals surface area contributed by atoms with Crippen molar-refractivity contribution in [2.45, 2.75) is 32.2 Å². The highest BCUT2D eigenvalue weighted by Crippen LogP contribution is 2.16. The van der Waals surface area contributed by atoms with Crippen molar-refractivity contribution in [3.8, 4) is 0 Å². The van der Waals surface area contributed by atoms with E-state index in [1.54, 1.807) is 10.8 Å². The molecule has 2 aliphatic rings. The standard InChI is InChI=1S/C22H28N6O2/c1-26-11-13-27(14-12-26)18-8-6-17(7-9-18)15-24-25-21(29)19-16-23-20-5-3-2-4-10-28(20)22(19)30/h6-9,15-16H,2-5,10-14H2,1H3,(H,25,29)/b24-15+. The van der Waals surface area contributed by atoms with Crippen molar-refractivity contribution < 1.29 is 4.79 Å². The number of nitrogens with one attached hydrogen (secondary N) is 1. The second-order valence-electron chi connectivity index (χ2n) is 7.94. The summed E-state index contributed by atoms with van der Waals surface area (Å²) in [7, 11) is 2.14. The van der Waals surface area contributed by atoms with Crippen molar-refractivity contribution in [2.24, 2.45) is 5.10 Å². The fourth-order valence-corrected chi connectivity index (χ4v) is 3.90. The van der Waals surface area contributed by atoms with E-state index in [2.05, 4.69) is 44.5 Å². The maximum atomic E-state index is 12.7. The summed E-state index contributed by atoms with van der Waals surface area (Å²) < 4.78 is 1.63. The Morgan fingerprint density at radius 1 is 1.07 bits per heavy atom. The van der Waals surface area contributed by atoms with E-state index in [-0.39, 0.29) is 11.1 Å². The summed E-state index contributed by atoms with van der Waals surface area (Å²) in [5.74, 6) is 0.232. The van der Waals surface area contributed by atoms with Crippen molar-refractivity contribution in [1.82, 2.24) is 19.9 Å². The van der Waals surface area contributed by atoms with E-state index in [4.69, 9.17) is 0 Å². The van der Waals surface area contributed by atoms with Crippen molar-refractivity contribution in [3.63, 3.8) is 0 Å². The van der Waals surface area contributed by atoms with E-state index < -0.39 is 5.91 Å². The highest BCUT2D eigenvalue weighted by molar-refractivity contribution is 5.94. The molecule has 158 valence electrons. The minimum Gasteiger partial charge on any atom is -0.369 e. The predicted molar refractivity (Wildman–Crippen MR) is 117 cm³/mol. The zero-order valence-corrected chi connectivity index (χ0v) is 17.4. The summed E-state index contributed by atoms with van der Waals surface area (Å²) >= 11 is 0. The first-order chi connectivity index (χ1) is 14.6. The van der Waals surface area contributed by atoms with Crippen LogP contribution < -0.4 is 15.9 Å². The van der Waals surface area contributed by atoms with Gasteiger partial charge in [0.15, 0.2) is 0 Å². The number of amides is 1. The Kier molecular flexibility index (Phi) is 6.23. The van der Waals surface area contributed by atoms with Crippen LogP contribution in [-0.4, -0.2) is 59.8 Å². The lowest BCUT2D eigenvalue weighted by atomic mass is 10.2. The first-order valence-corrected chi connectivity index (χ1v) is 10.6. The Morgan fingerprint density at radius 2 is 1.83 bits per heavy atom. The number of benzene rings is 1. The molecule has 1 aromatic heterocycles. The lowest BCUT2D eigenvalue weighted by molar-refractivity contribution is 0.0952. The minimum atomic E-state index is -0.530. The number of hydrogen-bond donors (Lipinski definition) is 1. The summed E-state index contributed by atoms with van der Waals surface area (Å²) in [6, 6.07) is 8.08. The van der Waals surface area contributed by atoms with Crippen LogP contribution in [0.2, 0.25) is 0 Å². The van der Waals surface area contributed by atoms with Crippen LogP contribution in [0, 0.1) is 0 Å². The van der Waals surface area contributed by atoms with Gasteiger partial charge in [-0.3, -0.25) is 14.2 Å². The molecule has 30 heavy (non-hydrogen) atoms. The number of aromatic nitrogens is 2. The van der Waals surface area contributed by atoms with Gasteiger partial charge in [-0.1, -0.05) is 18.6 Å². The van der Waals surface area contributed by atoms with Gasteiger partial charge >= 0.3 is 0 Å². The third-order valence-corrected chi connectivity index (χ3v) is 5.80. The molecule has 0 radical (unpaired) electrons. The van der Waals surface area contributed by atoms with Gasteiger partial charge in [0.1, 0.15) is 11.4 Å². The van der Waals surface area contributed by atoms with E-state index in [1.165, 1.54) is 11.9 Å². The van der Waals surface area contributed by atoms with Gasteiger partial charge in [-0.15, -0.1) is 0 Å². The van der Waals surface area contributed by atoms with Gasteiger partial charge in [0, 0.05) is 51.0 Å². The molecule has 3 heterocycles. The number of carbonyl (C=O) groups excluding carboxylic acids is 1. The number of nitrogens with zero attached hydrogens (tertiary/aromatic N) is 5. The van der Waals surface area contributed by atoms with Crippen molar-refractivity contribution in [1.29, 1.82) is 0 Å². The number of piperazine rings is 1. The molecule has 1 aromatic carbocycles. The second kappa shape index (κ2) is 9.21. The molecule has 0 bridgehead atoms. The van der Waals surface area contributed by atoms with Gasteiger partial charge in [0.2, 0.25) is 0 Å². The molecular weight excluding hydrogens is 380 g/mol. The normalized spacial score (nSPS) is 17.6. The average Bonchev–Trinajstić information content (AvgIpc) is 3.01. The van der Waals surface area contributed by atoms with E-state index in [1.807, 2.05) is 12.1 Å². The van der Waals surface area contributed by atoms with Gasteiger partial charge in [-0.25, -0.2) is 10.4 Å². The summed E-state index contributed by atoms with van der Waals surface area (Å²) in [4.78, 5) is 34.1. The summed E-state index contributed by atoms with van der Waals surface area (Å²) in [5.41, 5.74) is 4.27. The van der Waals surface area contributed by atoms with Crippen LogP contribution in [0.5, 0.6) is 0 Å². The Balaban J connectivity index is 1.38. The maximum absolute atomic E-state index is 12.7. The first-order valence-electron chi connectivity index (χ1n) is 10.6. The van der Waals surface area contributed by atoms with Crippen LogP contribution >= 0.6 is 0 Å². The number of fused-ring (bicyclic) bond motifs is 1. The summed E-state index contributed by atoms with van der Waals surface area (Å²) in [6.45, 7) is 4.78. The zero-order valence-electron chi connectivity index (χ0n) is 17.4. The van der Waals surface area contributed by atoms with E-state index >= 15 is 0 Å². The summed E-state index contributed by atoms with van der Waals surface area (Å²) in [6.07, 6.45) is 6.76. The van der Waals surface area contributed by atoms with Crippen LogP contribution in [0.3, 0.4) is 0 Å². The molecule has 0 atom stereocenters. The molecule has 0 saturated carbocycles. The van der Waals surface area contributed by atoms with Gasteiger partial charge < -0.3 is 9.80 Å². The maximum Gasteiger partial charge on any atom is 0.278 e. The predicted octanol–water partition coefficient (Wildman–Crippen LogP) is 1.49. The monoisotopic (exact) mass is 408 g/mol. The van der Waals surface area contributed by atoms with E-state index in [0.717, 1.165) is 63.3 Å². The van der Waals surface area contributed by atoms with E-state index in [9.17, 15) is 9.59 Å². The van der Waals surface area contributed by atoms with Crippen LogP contribution in [0.1, 0.15) is 41.0 Å². The lowest BCUT2D eigenvalue weighted by Crippen LogP contribution is -2.44. The number of anilines is 1. The SMILES string of the molecule is CN1CCN(c2ccc(/C=N/NC(=O)c3cnc4n(c3=O)CCCCC4)cc2)CC1. The smallest absolute Gasteiger partial charge is 0.278 e. The van der Waals surface area contributed by atoms with Crippen LogP contribution in [0.25, 0.3) is 0 Å². The number of hydrazone groups is 1. The van der Waals surface area contributed by atoms with Crippen molar-refractivity contribution >= 4 is 17.8 Å². The van der Waals surface area contributed by atoms with Crippen LogP contribution in [-0.2, 0) is 13.0 Å². The quantitative estimate of drug-likeness (QED) is 0.612. The number of likely N-dealkylation sites (N-methyl/N-ethyl adjacent to an activating group) is 1. The Hall–Kier alpha value is -3.00. The summed E-state index contributed by atoms with van der Waals surface area (Å²) in [5, 5.41) is 4.02. The molecule has 8 nitrogen and oxygen atoms in total. The average molecular weight is 409 g/mol. The molecule has 4 rings (SSSR count). The number of rotatable bonds is 4. The molecule has 1 saturated heterocycles. The number of aryl methyl sites for hydroxylation is 1. The molecule has 2 aliphatic heterocycles. The zero-order chi connectivity index (χ0) is 20.9. The van der Waals surface area contributed by atoms with E-state index in [0.29, 0.717) is 6.54 Å². The van der Waals surface area contributed by atoms with Crippen LogP contribution in [0.15, 0.2) is 40.4 Å². The van der Waals surface area contributed by atoms with Crippen molar-refractivity contribution in [2.75, 3.05) is 38.1 Å². The van der Waals surface area contributed by atoms with Gasteiger partial charge in [0.25, 0.3) is 11.5 Å². The highest BCUT2D eigenvalue weighted by atomic mass is 16.2. The number of hydrogen-bond acceptors (Lipinski definition) is 6. The Bertz CT molecular complexity index is 974. The van der Waals surface area contributed by atoms with Crippen LogP contribution in [0.4, 0.5) is 5.69 Å². The third-order valence-electron chi connectivity index (χ3n) is 5.80. The molecule has 2 aromatic rings. The molecule has 8 heteroatoms. The van der Waals surface area contributed by atoms with Gasteiger partial charge in [-0.2, -0.15) is 5.10 Å². The molecular formula is C22H28N6O2. The molecule has 0 aliphatic carbocycles. The van der Waals surface area contributed by atoms with Gasteiger partial charge in [0.05, 0.1) is 6.21 Å². The molecule has 1 fully saturated rings. The minimum absolute atomic E-state index is 0.0308. The third kappa shape index (κ3) is 4.59. The fourth-order valence-electron chi connectivity index (χ4n) is 3.90. The van der Waals surface area contributed by atoms with Gasteiger partial charge in [-0.05, 0) is 37.6 Å². The Morgan fingerprint density at radius 3 is 2.60 bits per heavy atom.